The molecule has 0 radical (unpaired) electrons. The lowest BCUT2D eigenvalue weighted by molar-refractivity contribution is -0.116. The molecule has 3 heterocycles. The van der Waals surface area contributed by atoms with Crippen molar-refractivity contribution in [2.24, 2.45) is 7.05 Å². The van der Waals surface area contributed by atoms with Gasteiger partial charge in [0, 0.05) is 36.6 Å². The largest absolute Gasteiger partial charge is 0.497 e. The van der Waals surface area contributed by atoms with Crippen molar-refractivity contribution < 1.29 is 9.53 Å². The number of nitrogens with one attached hydrogen (secondary N) is 1. The van der Waals surface area contributed by atoms with E-state index in [0.29, 0.717) is 17.1 Å². The Labute approximate surface area is 162 Å². The first-order valence-electron chi connectivity index (χ1n) is 9.26. The van der Waals surface area contributed by atoms with E-state index in [1.165, 1.54) is 0 Å². The third-order valence-corrected chi connectivity index (χ3v) is 5.29. The van der Waals surface area contributed by atoms with Crippen LogP contribution in [-0.2, 0) is 17.4 Å². The van der Waals surface area contributed by atoms with Crippen molar-refractivity contribution in [3.63, 3.8) is 0 Å². The molecule has 0 aliphatic carbocycles. The van der Waals surface area contributed by atoms with E-state index in [-0.39, 0.29) is 29.3 Å². The molecule has 0 bridgehead atoms. The number of fused-ring (bicyclic) bond motifs is 2. The molecule has 3 aromatic rings. The van der Waals surface area contributed by atoms with Crippen molar-refractivity contribution in [3.8, 4) is 5.75 Å². The lowest BCUT2D eigenvalue weighted by Gasteiger charge is -2.28. The minimum absolute atomic E-state index is 0.111. The average molecular weight is 380 g/mol. The Morgan fingerprint density at radius 1 is 1.18 bits per heavy atom. The van der Waals surface area contributed by atoms with Gasteiger partial charge in [-0.15, -0.1) is 0 Å². The van der Waals surface area contributed by atoms with Gasteiger partial charge in [-0.3, -0.25) is 9.59 Å². The highest BCUT2D eigenvalue weighted by Crippen LogP contribution is 2.38. The number of carbonyl (C=O) groups excluding carboxylic acids is 1. The van der Waals surface area contributed by atoms with Crippen LogP contribution >= 0.6 is 0 Å². The number of amides is 1. The number of anilines is 1. The highest BCUT2D eigenvalue weighted by Gasteiger charge is 2.34. The molecule has 0 fully saturated rings. The normalized spacial score (nSPS) is 16.8. The van der Waals surface area contributed by atoms with Gasteiger partial charge in [0.2, 0.25) is 5.91 Å². The Balaban J connectivity index is 1.92. The molecule has 0 spiro atoms. The quantitative estimate of drug-likeness (QED) is 0.741. The number of aryl methyl sites for hydroxylation is 1. The van der Waals surface area contributed by atoms with Gasteiger partial charge in [0.15, 0.2) is 0 Å². The summed E-state index contributed by atoms with van der Waals surface area (Å²) >= 11 is 0. The van der Waals surface area contributed by atoms with Gasteiger partial charge in [-0.25, -0.2) is 4.68 Å². The predicted molar refractivity (Wildman–Crippen MR) is 108 cm³/mol. The number of carbonyl (C=O) groups is 1. The second kappa shape index (κ2) is 6.22. The average Bonchev–Trinajstić information content (AvgIpc) is 3.08. The summed E-state index contributed by atoms with van der Waals surface area (Å²) in [6, 6.07) is 7.53. The van der Waals surface area contributed by atoms with Crippen LogP contribution in [0.15, 0.2) is 35.3 Å². The fraction of sp³-hybridized carbons (Fsp3) is 0.381. The van der Waals surface area contributed by atoms with E-state index in [2.05, 4.69) is 10.4 Å². The lowest BCUT2D eigenvalue weighted by atomic mass is 9.87. The monoisotopic (exact) mass is 380 g/mol. The summed E-state index contributed by atoms with van der Waals surface area (Å²) in [7, 11) is 3.35. The number of aromatic nitrogens is 3. The van der Waals surface area contributed by atoms with Crippen LogP contribution in [0.25, 0.3) is 10.9 Å². The molecule has 1 aliphatic rings. The molecule has 1 aromatic carbocycles. The minimum Gasteiger partial charge on any atom is -0.497 e. The van der Waals surface area contributed by atoms with Crippen LogP contribution in [-0.4, -0.2) is 27.4 Å². The van der Waals surface area contributed by atoms with E-state index in [1.807, 2.05) is 49.7 Å². The van der Waals surface area contributed by atoms with Crippen LogP contribution < -0.4 is 15.6 Å². The third kappa shape index (κ3) is 2.78. The van der Waals surface area contributed by atoms with Crippen LogP contribution in [0.1, 0.15) is 44.2 Å². The topological polar surface area (TPSA) is 78.2 Å². The molecule has 28 heavy (non-hydrogen) atoms. The third-order valence-electron chi connectivity index (χ3n) is 5.29. The van der Waals surface area contributed by atoms with Gasteiger partial charge in [-0.05, 0) is 44.4 Å². The molecule has 0 saturated carbocycles. The summed E-state index contributed by atoms with van der Waals surface area (Å²) in [5, 5.41) is 8.35. The molecule has 1 atom stereocenters. The number of rotatable bonds is 2. The Hall–Kier alpha value is -3.09. The number of nitrogens with zero attached hydrogens (tertiary/aromatic N) is 3. The molecule has 0 unspecified atom stereocenters. The van der Waals surface area contributed by atoms with E-state index < -0.39 is 0 Å². The van der Waals surface area contributed by atoms with E-state index in [4.69, 9.17) is 4.74 Å². The fourth-order valence-corrected chi connectivity index (χ4v) is 3.85. The molecular weight excluding hydrogens is 356 g/mol. The van der Waals surface area contributed by atoms with Crippen molar-refractivity contribution in [1.82, 2.24) is 14.3 Å². The molecule has 2 aromatic heterocycles. The number of pyridine rings is 1. The first-order valence-corrected chi connectivity index (χ1v) is 9.26. The van der Waals surface area contributed by atoms with Crippen LogP contribution in [0.5, 0.6) is 5.75 Å². The molecule has 146 valence electrons. The first-order chi connectivity index (χ1) is 13.2. The van der Waals surface area contributed by atoms with E-state index in [0.717, 1.165) is 16.5 Å². The summed E-state index contributed by atoms with van der Waals surface area (Å²) in [6.45, 7) is 6.08. The fourth-order valence-electron chi connectivity index (χ4n) is 3.85. The van der Waals surface area contributed by atoms with Gasteiger partial charge in [0.1, 0.15) is 11.6 Å². The summed E-state index contributed by atoms with van der Waals surface area (Å²) in [4.78, 5) is 25.6. The van der Waals surface area contributed by atoms with Gasteiger partial charge in [0.25, 0.3) is 5.56 Å². The Bertz CT molecular complexity index is 1150. The van der Waals surface area contributed by atoms with Crippen LogP contribution in [0.3, 0.4) is 0 Å². The van der Waals surface area contributed by atoms with Gasteiger partial charge >= 0.3 is 0 Å². The number of methoxy groups -OCH3 is 1. The maximum atomic E-state index is 13.2. The molecule has 7 heteroatoms. The summed E-state index contributed by atoms with van der Waals surface area (Å²) in [6.07, 6.45) is 1.99. The molecule has 1 N–H and O–H groups in total. The Morgan fingerprint density at radius 2 is 1.93 bits per heavy atom. The molecule has 7 nitrogen and oxygen atoms in total. The smallest absolute Gasteiger partial charge is 0.254 e. The number of hydrogen-bond donors (Lipinski definition) is 1. The first kappa shape index (κ1) is 18.3. The molecule has 4 rings (SSSR count). The van der Waals surface area contributed by atoms with E-state index in [9.17, 15) is 9.59 Å². The molecule has 1 aliphatic heterocycles. The Kier molecular flexibility index (Phi) is 4.06. The van der Waals surface area contributed by atoms with Crippen molar-refractivity contribution in [2.45, 2.75) is 38.6 Å². The lowest BCUT2D eigenvalue weighted by Crippen LogP contribution is -2.32. The Morgan fingerprint density at radius 3 is 2.61 bits per heavy atom. The summed E-state index contributed by atoms with van der Waals surface area (Å²) < 4.78 is 8.71. The molecule has 0 saturated heterocycles. The van der Waals surface area contributed by atoms with Crippen LogP contribution in [0.4, 0.5) is 5.82 Å². The summed E-state index contributed by atoms with van der Waals surface area (Å²) in [5.74, 6) is 0.928. The number of ether oxygens (including phenoxy) is 1. The van der Waals surface area contributed by atoms with Crippen molar-refractivity contribution in [2.75, 3.05) is 12.4 Å². The van der Waals surface area contributed by atoms with Crippen molar-refractivity contribution in [1.29, 1.82) is 0 Å². The van der Waals surface area contributed by atoms with Crippen molar-refractivity contribution in [3.05, 3.63) is 51.9 Å². The maximum absolute atomic E-state index is 13.2. The van der Waals surface area contributed by atoms with Gasteiger partial charge < -0.3 is 14.6 Å². The molecular formula is C21H24N4O3. The van der Waals surface area contributed by atoms with Crippen LogP contribution in [0.2, 0.25) is 0 Å². The predicted octanol–water partition coefficient (Wildman–Crippen LogP) is 2.97. The highest BCUT2D eigenvalue weighted by molar-refractivity contribution is 5.94. The van der Waals surface area contributed by atoms with Gasteiger partial charge in [-0.2, -0.15) is 5.10 Å². The zero-order valence-electron chi connectivity index (χ0n) is 16.7. The number of hydrogen-bond acceptors (Lipinski definition) is 4. The molecule has 1 amide bonds. The van der Waals surface area contributed by atoms with Crippen LogP contribution in [0, 0.1) is 0 Å². The van der Waals surface area contributed by atoms with Crippen molar-refractivity contribution >= 4 is 22.6 Å². The van der Waals surface area contributed by atoms with Gasteiger partial charge in [0.05, 0.1) is 24.4 Å². The standard InChI is InChI=1S/C21H24N4O3/c1-21(2,3)25-19-16(11-22-25)14(10-18(26)23-19)15-8-12-6-7-13(28-5)9-17(12)24(4)20(15)27/h6-9,11,14H,10H2,1-5H3,(H,23,26)/t14-/m1/s1. The second-order valence-corrected chi connectivity index (χ2v) is 8.22. The highest BCUT2D eigenvalue weighted by atomic mass is 16.5. The second-order valence-electron chi connectivity index (χ2n) is 8.22. The zero-order chi connectivity index (χ0) is 20.2. The van der Waals surface area contributed by atoms with E-state index in [1.54, 1.807) is 24.9 Å². The van der Waals surface area contributed by atoms with Gasteiger partial charge in [-0.1, -0.05) is 0 Å². The zero-order valence-corrected chi connectivity index (χ0v) is 16.7. The summed E-state index contributed by atoms with van der Waals surface area (Å²) in [5.41, 5.74) is 1.87. The minimum atomic E-state index is -0.329. The number of benzene rings is 1. The SMILES string of the molecule is COc1ccc2cc([C@H]3CC(=O)Nc4c3cnn4C(C)(C)C)c(=O)n(C)c2c1. The van der Waals surface area contributed by atoms with E-state index >= 15 is 0 Å². The maximum Gasteiger partial charge on any atom is 0.254 e.